The molecule has 0 spiro atoms. The fourth-order valence-electron chi connectivity index (χ4n) is 5.74. The Morgan fingerprint density at radius 3 is 1.49 bits per heavy atom. The van der Waals surface area contributed by atoms with Crippen molar-refractivity contribution < 1.29 is 0 Å². The van der Waals surface area contributed by atoms with Gasteiger partial charge in [0.1, 0.15) is 11.2 Å². The van der Waals surface area contributed by atoms with E-state index in [9.17, 15) is 4.79 Å². The minimum absolute atomic E-state index is 0.274. The Hall–Kier alpha value is -6.01. The van der Waals surface area contributed by atoms with Gasteiger partial charge in [-0.2, -0.15) is 4.98 Å². The molecule has 8 rings (SSSR count). The molecule has 0 aliphatic rings. The molecule has 43 heavy (non-hydrogen) atoms. The minimum atomic E-state index is -0.400. The van der Waals surface area contributed by atoms with E-state index in [0.29, 0.717) is 28.6 Å². The summed E-state index contributed by atoms with van der Waals surface area (Å²) in [6.45, 7) is 0. The lowest BCUT2D eigenvalue weighted by Gasteiger charge is -2.18. The predicted molar refractivity (Wildman–Crippen MR) is 172 cm³/mol. The van der Waals surface area contributed by atoms with Crippen molar-refractivity contribution in [1.29, 1.82) is 0 Å². The van der Waals surface area contributed by atoms with Gasteiger partial charge in [-0.15, -0.1) is 0 Å². The first-order valence-corrected chi connectivity index (χ1v) is 14.1. The third-order valence-corrected chi connectivity index (χ3v) is 7.67. The second kappa shape index (κ2) is 10.1. The van der Waals surface area contributed by atoms with Gasteiger partial charge in [-0.25, -0.2) is 15.0 Å². The molecule has 0 bridgehead atoms. The van der Waals surface area contributed by atoms with Gasteiger partial charge in [0.2, 0.25) is 0 Å². The van der Waals surface area contributed by atoms with E-state index in [1.807, 2.05) is 121 Å². The monoisotopic (exact) mass is 553 g/mol. The number of nitrogens with zero attached hydrogens (tertiary/aromatic N) is 5. The van der Waals surface area contributed by atoms with Crippen molar-refractivity contribution in [3.05, 3.63) is 150 Å². The molecular weight excluding hydrogens is 530 g/mol. The van der Waals surface area contributed by atoms with Crippen LogP contribution >= 0.6 is 0 Å². The van der Waals surface area contributed by atoms with Crippen molar-refractivity contribution in [3.8, 4) is 45.4 Å². The number of hydrogen-bond acceptors (Lipinski definition) is 5. The maximum absolute atomic E-state index is 14.3. The molecule has 5 aromatic carbocycles. The summed E-state index contributed by atoms with van der Waals surface area (Å²) in [6.07, 6.45) is 0. The van der Waals surface area contributed by atoms with Crippen molar-refractivity contribution in [2.24, 2.45) is 0 Å². The summed E-state index contributed by atoms with van der Waals surface area (Å²) in [5.74, 6) is 1.24. The average molecular weight is 554 g/mol. The summed E-state index contributed by atoms with van der Waals surface area (Å²) >= 11 is 0. The summed E-state index contributed by atoms with van der Waals surface area (Å²) in [6, 6.07) is 45.7. The van der Waals surface area contributed by atoms with Crippen LogP contribution in [-0.2, 0) is 0 Å². The van der Waals surface area contributed by atoms with Gasteiger partial charge in [0.05, 0.1) is 11.2 Å². The van der Waals surface area contributed by atoms with Gasteiger partial charge < -0.3 is 0 Å². The lowest BCUT2D eigenvalue weighted by Crippen LogP contribution is -2.18. The predicted octanol–water partition coefficient (Wildman–Crippen LogP) is 7.85. The highest BCUT2D eigenvalue weighted by Gasteiger charge is 2.24. The van der Waals surface area contributed by atoms with Crippen LogP contribution in [0.4, 0.5) is 0 Å². The molecule has 202 valence electrons. The van der Waals surface area contributed by atoms with Crippen molar-refractivity contribution in [2.45, 2.75) is 0 Å². The molecule has 3 aromatic heterocycles. The van der Waals surface area contributed by atoms with Crippen LogP contribution in [0.3, 0.4) is 0 Å². The summed E-state index contributed by atoms with van der Waals surface area (Å²) < 4.78 is 2.08. The van der Waals surface area contributed by atoms with E-state index in [-0.39, 0.29) is 5.82 Å². The Morgan fingerprint density at radius 2 is 0.884 bits per heavy atom. The number of pyridine rings is 1. The zero-order chi connectivity index (χ0) is 28.8. The van der Waals surface area contributed by atoms with E-state index in [1.165, 1.54) is 0 Å². The Labute approximate surface area is 246 Å². The highest BCUT2D eigenvalue weighted by molar-refractivity contribution is 6.12. The molecule has 8 aromatic rings. The first-order chi connectivity index (χ1) is 21.3. The molecule has 0 aliphatic carbocycles. The normalized spacial score (nSPS) is 11.3. The van der Waals surface area contributed by atoms with Gasteiger partial charge in [0.25, 0.3) is 5.56 Å². The van der Waals surface area contributed by atoms with Gasteiger partial charge in [0, 0.05) is 21.9 Å². The lowest BCUT2D eigenvalue weighted by atomic mass is 10.0. The quantitative estimate of drug-likeness (QED) is 0.208. The summed E-state index contributed by atoms with van der Waals surface area (Å²) in [7, 11) is 0. The van der Waals surface area contributed by atoms with Crippen molar-refractivity contribution in [3.63, 3.8) is 0 Å². The second-order valence-electron chi connectivity index (χ2n) is 10.3. The summed E-state index contributed by atoms with van der Waals surface area (Å²) in [4.78, 5) is 33.7. The number of hydrogen-bond donors (Lipinski definition) is 0. The molecule has 0 unspecified atom stereocenters. The van der Waals surface area contributed by atoms with Gasteiger partial charge in [-0.3, -0.25) is 9.20 Å². The zero-order valence-corrected chi connectivity index (χ0v) is 22.9. The fourth-order valence-corrected chi connectivity index (χ4v) is 5.74. The van der Waals surface area contributed by atoms with E-state index in [2.05, 4.69) is 22.6 Å². The van der Waals surface area contributed by atoms with E-state index >= 15 is 0 Å². The second-order valence-corrected chi connectivity index (χ2v) is 10.3. The van der Waals surface area contributed by atoms with Crippen LogP contribution in [0.5, 0.6) is 0 Å². The zero-order valence-electron chi connectivity index (χ0n) is 22.9. The lowest BCUT2D eigenvalue weighted by molar-refractivity contribution is 1.05. The van der Waals surface area contributed by atoms with Crippen LogP contribution in [0, 0.1) is 0 Å². The van der Waals surface area contributed by atoms with Crippen LogP contribution < -0.4 is 5.56 Å². The van der Waals surface area contributed by atoms with Gasteiger partial charge in [-0.05, 0) is 17.0 Å². The molecule has 0 saturated carbocycles. The molecule has 6 heteroatoms. The molecule has 0 saturated heterocycles. The van der Waals surface area contributed by atoms with E-state index in [4.69, 9.17) is 19.9 Å². The van der Waals surface area contributed by atoms with Crippen LogP contribution in [0.1, 0.15) is 0 Å². The van der Waals surface area contributed by atoms with Crippen molar-refractivity contribution in [2.75, 3.05) is 0 Å². The smallest absolute Gasteiger partial charge is 0.284 e. The standard InChI is InChI=1S/C37H23N5O/c43-37-31(35-39-33(25-16-6-2-7-17-25)38-34(40-35)26-18-8-3-9-19-26)32(24-14-4-1-5-15-24)42-30-23-13-12-21-28(30)27-20-10-11-22-29(27)36(42)41-37/h1-23H. The Balaban J connectivity index is 1.56. The first-order valence-electron chi connectivity index (χ1n) is 14.1. The molecule has 0 N–H and O–H groups in total. The van der Waals surface area contributed by atoms with Crippen LogP contribution in [0.25, 0.3) is 72.7 Å². The number of fused-ring (bicyclic) bond motifs is 6. The van der Waals surface area contributed by atoms with E-state index < -0.39 is 5.56 Å². The Kier molecular flexibility index (Phi) is 5.83. The number of rotatable bonds is 4. The summed E-state index contributed by atoms with van der Waals surface area (Å²) in [5, 5.41) is 2.99. The Bertz CT molecular complexity index is 2290. The van der Waals surface area contributed by atoms with Crippen molar-refractivity contribution >= 4 is 27.3 Å². The third kappa shape index (κ3) is 4.16. The highest BCUT2D eigenvalue weighted by Crippen LogP contribution is 2.36. The Morgan fingerprint density at radius 1 is 0.419 bits per heavy atom. The van der Waals surface area contributed by atoms with E-state index in [0.717, 1.165) is 38.4 Å². The molecule has 0 amide bonds. The highest BCUT2D eigenvalue weighted by atomic mass is 16.1. The summed E-state index contributed by atoms with van der Waals surface area (Å²) in [5.41, 5.74) is 4.64. The molecule has 0 fully saturated rings. The largest absolute Gasteiger partial charge is 0.292 e. The van der Waals surface area contributed by atoms with Gasteiger partial charge in [-0.1, -0.05) is 133 Å². The van der Waals surface area contributed by atoms with Gasteiger partial charge in [0.15, 0.2) is 17.5 Å². The maximum atomic E-state index is 14.3. The van der Waals surface area contributed by atoms with Crippen LogP contribution in [-0.4, -0.2) is 24.3 Å². The molecule has 0 atom stereocenters. The number of para-hydroxylation sites is 1. The molecule has 6 nitrogen and oxygen atoms in total. The number of benzene rings is 5. The molecular formula is C37H23N5O. The van der Waals surface area contributed by atoms with Crippen molar-refractivity contribution in [1.82, 2.24) is 24.3 Å². The SMILES string of the molecule is O=c1nc2c3ccccc3c3ccccc3n2c(-c2ccccc2)c1-c1nc(-c2ccccc2)nc(-c2ccccc2)n1. The van der Waals surface area contributed by atoms with E-state index in [1.54, 1.807) is 0 Å². The minimum Gasteiger partial charge on any atom is -0.292 e. The van der Waals surface area contributed by atoms with Crippen LogP contribution in [0.2, 0.25) is 0 Å². The average Bonchev–Trinajstić information content (AvgIpc) is 3.09. The molecule has 0 aliphatic heterocycles. The van der Waals surface area contributed by atoms with Crippen LogP contribution in [0.15, 0.2) is 144 Å². The number of aromatic nitrogens is 5. The molecule has 3 heterocycles. The first kappa shape index (κ1) is 24.8. The molecule has 0 radical (unpaired) electrons. The van der Waals surface area contributed by atoms with Gasteiger partial charge >= 0.3 is 0 Å². The fraction of sp³-hybridized carbons (Fsp3) is 0. The third-order valence-electron chi connectivity index (χ3n) is 7.67. The topological polar surface area (TPSA) is 73.0 Å². The maximum Gasteiger partial charge on any atom is 0.284 e.